The second-order valence-corrected chi connectivity index (χ2v) is 15.3. The van der Waals surface area contributed by atoms with Crippen molar-refractivity contribution in [3.05, 3.63) is 52.7 Å². The Morgan fingerprint density at radius 1 is 1.04 bits per heavy atom. The first-order valence-corrected chi connectivity index (χ1v) is 18.1. The molecule has 5 heterocycles. The van der Waals surface area contributed by atoms with Crippen LogP contribution in [-0.4, -0.2) is 83.8 Å². The van der Waals surface area contributed by atoms with Crippen LogP contribution in [0.15, 0.2) is 36.5 Å². The Kier molecular flexibility index (Phi) is 10.4. The Bertz CT molecular complexity index is 1790. The molecule has 3 aliphatic rings. The monoisotopic (exact) mass is 748 g/mol. The number of carbonyl (C=O) groups is 3. The number of nitrogens with one attached hydrogen (secondary N) is 1. The minimum absolute atomic E-state index is 0.134. The molecule has 1 N–H and O–H groups in total. The number of ether oxygens (including phenoxy) is 2. The lowest BCUT2D eigenvalue weighted by molar-refractivity contribution is -0.148. The maximum Gasteiger partial charge on any atom is 0.416 e. The number of halogens is 4. The number of hydrogen-bond donors (Lipinski definition) is 1. The van der Waals surface area contributed by atoms with Gasteiger partial charge in [-0.2, -0.15) is 13.2 Å². The summed E-state index contributed by atoms with van der Waals surface area (Å²) in [6.45, 7) is 10.2. The number of rotatable bonds is 7. The Labute approximate surface area is 303 Å². The highest BCUT2D eigenvalue weighted by atomic mass is 35.5. The fourth-order valence-corrected chi connectivity index (χ4v) is 8.12. The van der Waals surface area contributed by atoms with Crippen LogP contribution in [0.4, 0.5) is 33.9 Å². The highest BCUT2D eigenvalue weighted by molar-refractivity contribution is 7.20. The summed E-state index contributed by atoms with van der Waals surface area (Å²) in [5.74, 6) is -0.297. The number of carbonyl (C=O) groups excluding carboxylic acids is 3. The number of esters is 1. The number of nitrogens with zero attached hydrogens (tertiary/aromatic N) is 5. The van der Waals surface area contributed by atoms with E-state index in [9.17, 15) is 27.6 Å². The van der Waals surface area contributed by atoms with E-state index in [2.05, 4.69) is 15.3 Å². The maximum atomic E-state index is 13.7. The van der Waals surface area contributed by atoms with Crippen LogP contribution < -0.4 is 15.1 Å². The molecule has 3 saturated heterocycles. The molecule has 1 aromatic carbocycles. The lowest BCUT2D eigenvalue weighted by Gasteiger charge is -2.32. The van der Waals surface area contributed by atoms with Crippen molar-refractivity contribution in [2.24, 2.45) is 11.8 Å². The van der Waals surface area contributed by atoms with Gasteiger partial charge in [-0.25, -0.2) is 14.8 Å². The zero-order valence-corrected chi connectivity index (χ0v) is 30.3. The fourth-order valence-electron chi connectivity index (χ4n) is 6.83. The van der Waals surface area contributed by atoms with Crippen LogP contribution in [0.1, 0.15) is 62.9 Å². The van der Waals surface area contributed by atoms with Gasteiger partial charge in [-0.3, -0.25) is 14.9 Å². The van der Waals surface area contributed by atoms with Gasteiger partial charge in [0.1, 0.15) is 22.1 Å². The Morgan fingerprint density at radius 3 is 2.45 bits per heavy atom. The summed E-state index contributed by atoms with van der Waals surface area (Å²) >= 11 is 7.75. The minimum Gasteiger partial charge on any atom is -0.466 e. The number of alkyl halides is 3. The van der Waals surface area contributed by atoms with E-state index in [-0.39, 0.29) is 45.1 Å². The largest absolute Gasteiger partial charge is 0.466 e. The molecule has 274 valence electrons. The number of benzene rings is 1. The molecule has 2 atom stereocenters. The van der Waals surface area contributed by atoms with Gasteiger partial charge in [0.25, 0.3) is 5.91 Å². The fraction of sp³-hybridized carbons (Fsp3) is 0.514. The van der Waals surface area contributed by atoms with Gasteiger partial charge in [0.05, 0.1) is 34.7 Å². The van der Waals surface area contributed by atoms with E-state index >= 15 is 0 Å². The topological polar surface area (TPSA) is 117 Å². The Balaban J connectivity index is 1.22. The smallest absolute Gasteiger partial charge is 0.416 e. The van der Waals surface area contributed by atoms with Gasteiger partial charge >= 0.3 is 18.2 Å². The molecule has 16 heteroatoms. The molecular weight excluding hydrogens is 709 g/mol. The highest BCUT2D eigenvalue weighted by Gasteiger charge is 2.46. The van der Waals surface area contributed by atoms with Crippen LogP contribution >= 0.6 is 22.9 Å². The number of anilines is 3. The molecule has 11 nitrogen and oxygen atoms in total. The number of hydrogen-bond acceptors (Lipinski definition) is 10. The average molecular weight is 749 g/mol. The number of thiazole rings is 1. The Morgan fingerprint density at radius 2 is 1.78 bits per heavy atom. The van der Waals surface area contributed by atoms with Crippen molar-refractivity contribution in [3.63, 3.8) is 0 Å². The van der Waals surface area contributed by atoms with Crippen molar-refractivity contribution in [1.82, 2.24) is 14.9 Å². The third-order valence-electron chi connectivity index (χ3n) is 9.25. The van der Waals surface area contributed by atoms with Crippen molar-refractivity contribution < 1.29 is 37.0 Å². The van der Waals surface area contributed by atoms with Gasteiger partial charge in [0, 0.05) is 50.4 Å². The molecular formula is C35H40ClF3N6O5S. The average Bonchev–Trinajstić information content (AvgIpc) is 3.78. The van der Waals surface area contributed by atoms with Gasteiger partial charge in [-0.15, -0.1) is 0 Å². The van der Waals surface area contributed by atoms with E-state index in [1.54, 1.807) is 17.9 Å². The molecule has 6 rings (SSSR count). The van der Waals surface area contributed by atoms with Gasteiger partial charge in [0.15, 0.2) is 5.13 Å². The van der Waals surface area contributed by atoms with Crippen LogP contribution in [-0.2, 0) is 20.4 Å². The van der Waals surface area contributed by atoms with Gasteiger partial charge in [0.2, 0.25) is 0 Å². The van der Waals surface area contributed by atoms with E-state index in [1.165, 1.54) is 18.3 Å². The predicted octanol–water partition coefficient (Wildman–Crippen LogP) is 7.35. The number of fused-ring (bicyclic) bond motifs is 1. The number of piperidine rings is 1. The summed E-state index contributed by atoms with van der Waals surface area (Å²) in [7, 11) is 0. The standard InChI is InChI=1S/C35H40ClF3N6O5S/c1-5-49-31(47)20-9-12-43(13-10-20)28-25(36)16-23(17-40-28)29(46)42-32-41-27(21-7-6-8-24(15-21)35(37,38)39)30(51-32)44-18-22-11-14-45(26(22)19-44)33(48)50-34(2,3)4/h6-8,15-17,20,22,26H,5,9-14,18-19H2,1-4H3,(H,41,42,46). The molecule has 51 heavy (non-hydrogen) atoms. The molecule has 2 aromatic heterocycles. The summed E-state index contributed by atoms with van der Waals surface area (Å²) in [6.07, 6.45) is -1.60. The molecule has 3 fully saturated rings. The zero-order chi connectivity index (χ0) is 36.7. The molecule has 3 aromatic rings. The molecule has 0 saturated carbocycles. The van der Waals surface area contributed by atoms with Crippen LogP contribution in [0.2, 0.25) is 5.02 Å². The molecule has 0 spiro atoms. The maximum absolute atomic E-state index is 13.7. The lowest BCUT2D eigenvalue weighted by Crippen LogP contribution is -2.42. The molecule has 3 aliphatic heterocycles. The van der Waals surface area contributed by atoms with Crippen molar-refractivity contribution in [3.8, 4) is 11.3 Å². The third kappa shape index (κ3) is 8.19. The second kappa shape index (κ2) is 14.5. The number of amides is 2. The molecule has 0 radical (unpaired) electrons. The molecule has 0 bridgehead atoms. The van der Waals surface area contributed by atoms with Crippen molar-refractivity contribution in [1.29, 1.82) is 0 Å². The van der Waals surface area contributed by atoms with E-state index in [1.807, 2.05) is 30.6 Å². The molecule has 2 amide bonds. The van der Waals surface area contributed by atoms with Crippen LogP contribution in [0, 0.1) is 11.8 Å². The van der Waals surface area contributed by atoms with Gasteiger partial charge < -0.3 is 24.2 Å². The second-order valence-electron chi connectivity index (χ2n) is 13.9. The summed E-state index contributed by atoms with van der Waals surface area (Å²) < 4.78 is 52.0. The van der Waals surface area contributed by atoms with Crippen LogP contribution in [0.3, 0.4) is 0 Å². The normalized spacial score (nSPS) is 19.6. The number of aromatic nitrogens is 2. The van der Waals surface area contributed by atoms with Gasteiger partial charge in [-0.05, 0) is 65.2 Å². The number of likely N-dealkylation sites (tertiary alicyclic amines) is 1. The summed E-state index contributed by atoms with van der Waals surface area (Å²) in [4.78, 5) is 53.4. The summed E-state index contributed by atoms with van der Waals surface area (Å²) in [6, 6.07) is 6.30. The van der Waals surface area contributed by atoms with Gasteiger partial charge in [-0.1, -0.05) is 35.1 Å². The Hall–Kier alpha value is -4.11. The van der Waals surface area contributed by atoms with Crippen LogP contribution in [0.5, 0.6) is 0 Å². The van der Waals surface area contributed by atoms with E-state index in [4.69, 9.17) is 21.1 Å². The van der Waals surface area contributed by atoms with Crippen LogP contribution in [0.25, 0.3) is 11.3 Å². The first-order valence-electron chi connectivity index (χ1n) is 16.9. The minimum atomic E-state index is -4.56. The highest BCUT2D eigenvalue weighted by Crippen LogP contribution is 2.44. The SMILES string of the molecule is CCOC(=O)C1CCN(c2ncc(C(=O)Nc3nc(-c4cccc(C(F)(F)F)c4)c(N4CC5CCN(C(=O)OC(C)(C)C)C5C4)s3)cc2Cl)CC1. The predicted molar refractivity (Wildman–Crippen MR) is 188 cm³/mol. The van der Waals surface area contributed by atoms with Crippen molar-refractivity contribution in [2.45, 2.75) is 64.8 Å². The molecule has 2 unspecified atom stereocenters. The van der Waals surface area contributed by atoms with E-state index < -0.39 is 29.3 Å². The zero-order valence-electron chi connectivity index (χ0n) is 28.8. The summed E-state index contributed by atoms with van der Waals surface area (Å²) in [5, 5.41) is 3.82. The first kappa shape index (κ1) is 36.7. The van der Waals surface area contributed by atoms with Crippen molar-refractivity contribution in [2.75, 3.05) is 54.4 Å². The van der Waals surface area contributed by atoms with E-state index in [0.29, 0.717) is 68.7 Å². The van der Waals surface area contributed by atoms with Crippen molar-refractivity contribution >= 4 is 56.9 Å². The van der Waals surface area contributed by atoms with E-state index in [0.717, 1.165) is 29.9 Å². The molecule has 0 aliphatic carbocycles. The first-order chi connectivity index (χ1) is 24.1. The third-order valence-corrected chi connectivity index (χ3v) is 10.6. The lowest BCUT2D eigenvalue weighted by atomic mass is 9.97. The quantitative estimate of drug-likeness (QED) is 0.248. The number of pyridine rings is 1. The summed E-state index contributed by atoms with van der Waals surface area (Å²) in [5.41, 5.74) is -0.755.